The lowest BCUT2D eigenvalue weighted by Gasteiger charge is -2.08. The zero-order chi connectivity index (χ0) is 16.8. The number of oxazole rings is 1. The largest absolute Gasteiger partial charge is 0.444 e. The van der Waals surface area contributed by atoms with Crippen LogP contribution in [0.4, 0.5) is 4.79 Å². The molecule has 1 amide bonds. The quantitative estimate of drug-likeness (QED) is 0.770. The summed E-state index contributed by atoms with van der Waals surface area (Å²) in [6, 6.07) is 9.21. The van der Waals surface area contributed by atoms with E-state index >= 15 is 0 Å². The molecule has 122 valence electrons. The topological polar surface area (TPSA) is 77.2 Å². The lowest BCUT2D eigenvalue weighted by atomic mass is 10.1. The van der Waals surface area contributed by atoms with Crippen molar-refractivity contribution in [3.8, 4) is 28.3 Å². The number of nitrogens with zero attached hydrogens (tertiary/aromatic N) is 2. The van der Waals surface area contributed by atoms with E-state index in [-0.39, 0.29) is 0 Å². The number of pyridine rings is 1. The normalized spacial score (nSPS) is 10.4. The van der Waals surface area contributed by atoms with Gasteiger partial charge in [0.2, 0.25) is 5.89 Å². The Bertz CT molecular complexity index is 816. The highest BCUT2D eigenvalue weighted by Gasteiger charge is 2.08. The van der Waals surface area contributed by atoms with Crippen LogP contribution in [0.25, 0.3) is 22.6 Å². The molecule has 0 saturated carbocycles. The number of hydrogen-bond donors (Lipinski definition) is 1. The van der Waals surface area contributed by atoms with Crippen molar-refractivity contribution in [2.45, 2.75) is 13.3 Å². The van der Waals surface area contributed by atoms with Crippen molar-refractivity contribution in [3.63, 3.8) is 0 Å². The van der Waals surface area contributed by atoms with Gasteiger partial charge in [-0.3, -0.25) is 4.98 Å². The lowest BCUT2D eigenvalue weighted by molar-refractivity contribution is 0.200. The number of rotatable bonds is 5. The van der Waals surface area contributed by atoms with Crippen molar-refractivity contribution < 1.29 is 13.9 Å². The summed E-state index contributed by atoms with van der Waals surface area (Å²) in [4.78, 5) is 20.0. The third-order valence-corrected chi connectivity index (χ3v) is 3.31. The molecule has 1 aromatic carbocycles. The van der Waals surface area contributed by atoms with Gasteiger partial charge < -0.3 is 14.5 Å². The maximum atomic E-state index is 11.7. The lowest BCUT2D eigenvalue weighted by Crippen LogP contribution is -2.27. The van der Waals surface area contributed by atoms with E-state index in [0.29, 0.717) is 18.2 Å². The van der Waals surface area contributed by atoms with Crippen LogP contribution in [0.1, 0.15) is 13.3 Å². The smallest absolute Gasteiger partial charge is 0.412 e. The van der Waals surface area contributed by atoms with E-state index in [4.69, 9.17) is 9.15 Å². The number of ether oxygens (including phenoxy) is 1. The van der Waals surface area contributed by atoms with Crippen LogP contribution in [0.15, 0.2) is 59.6 Å². The van der Waals surface area contributed by atoms with E-state index < -0.39 is 6.09 Å². The molecule has 2 aromatic heterocycles. The Morgan fingerprint density at radius 3 is 2.88 bits per heavy atom. The van der Waals surface area contributed by atoms with Gasteiger partial charge in [0.25, 0.3) is 0 Å². The van der Waals surface area contributed by atoms with Crippen LogP contribution in [0.3, 0.4) is 0 Å². The second-order valence-electron chi connectivity index (χ2n) is 5.14. The molecule has 0 saturated heterocycles. The SMILES string of the molecule is CCCNC(=O)Oc1cccc(-c2cncc(-c3ncco3)c2)c1. The number of carbonyl (C=O) groups excluding carboxylic acids is 1. The molecular weight excluding hydrogens is 306 g/mol. The van der Waals surface area contributed by atoms with Crippen LogP contribution in [-0.4, -0.2) is 22.6 Å². The van der Waals surface area contributed by atoms with Crippen molar-refractivity contribution in [1.82, 2.24) is 15.3 Å². The van der Waals surface area contributed by atoms with Gasteiger partial charge in [-0.25, -0.2) is 9.78 Å². The Hall–Kier alpha value is -3.15. The van der Waals surface area contributed by atoms with E-state index in [1.807, 2.05) is 25.1 Å². The van der Waals surface area contributed by atoms with Gasteiger partial charge in [0.05, 0.1) is 11.8 Å². The van der Waals surface area contributed by atoms with Crippen LogP contribution in [0, 0.1) is 0 Å². The number of aromatic nitrogens is 2. The van der Waals surface area contributed by atoms with Crippen molar-refractivity contribution in [2.75, 3.05) is 6.54 Å². The van der Waals surface area contributed by atoms with Gasteiger partial charge >= 0.3 is 6.09 Å². The molecule has 0 unspecified atom stereocenters. The molecule has 0 fully saturated rings. The summed E-state index contributed by atoms with van der Waals surface area (Å²) in [5.74, 6) is 0.985. The number of nitrogens with one attached hydrogen (secondary N) is 1. The second kappa shape index (κ2) is 7.41. The maximum Gasteiger partial charge on any atom is 0.412 e. The Balaban J connectivity index is 1.81. The zero-order valence-electron chi connectivity index (χ0n) is 13.2. The van der Waals surface area contributed by atoms with Crippen LogP contribution in [-0.2, 0) is 0 Å². The first-order valence-electron chi connectivity index (χ1n) is 7.67. The van der Waals surface area contributed by atoms with Gasteiger partial charge in [-0.15, -0.1) is 0 Å². The third kappa shape index (κ3) is 3.78. The van der Waals surface area contributed by atoms with Crippen molar-refractivity contribution in [1.29, 1.82) is 0 Å². The molecule has 0 bridgehead atoms. The summed E-state index contributed by atoms with van der Waals surface area (Å²) in [5.41, 5.74) is 2.55. The molecule has 1 N–H and O–H groups in total. The molecule has 0 aliphatic carbocycles. The predicted octanol–water partition coefficient (Wildman–Crippen LogP) is 3.90. The second-order valence-corrected chi connectivity index (χ2v) is 5.14. The van der Waals surface area contributed by atoms with Crippen LogP contribution >= 0.6 is 0 Å². The van der Waals surface area contributed by atoms with Crippen molar-refractivity contribution >= 4 is 6.09 Å². The molecule has 0 radical (unpaired) electrons. The first-order chi connectivity index (χ1) is 11.8. The Morgan fingerprint density at radius 2 is 2.08 bits per heavy atom. The highest BCUT2D eigenvalue weighted by atomic mass is 16.6. The van der Waals surface area contributed by atoms with E-state index in [1.165, 1.54) is 6.26 Å². The summed E-state index contributed by atoms with van der Waals surface area (Å²) in [5, 5.41) is 2.67. The van der Waals surface area contributed by atoms with E-state index in [1.54, 1.807) is 30.7 Å². The molecule has 0 aliphatic rings. The molecule has 6 nitrogen and oxygen atoms in total. The first kappa shape index (κ1) is 15.7. The van der Waals surface area contributed by atoms with Crippen LogP contribution in [0.2, 0.25) is 0 Å². The Kier molecular flexibility index (Phi) is 4.86. The zero-order valence-corrected chi connectivity index (χ0v) is 13.2. The number of hydrogen-bond acceptors (Lipinski definition) is 5. The van der Waals surface area contributed by atoms with E-state index in [2.05, 4.69) is 15.3 Å². The Morgan fingerprint density at radius 1 is 1.21 bits per heavy atom. The highest BCUT2D eigenvalue weighted by Crippen LogP contribution is 2.27. The average Bonchev–Trinajstić information content (AvgIpc) is 3.15. The van der Waals surface area contributed by atoms with E-state index in [9.17, 15) is 4.79 Å². The first-order valence-corrected chi connectivity index (χ1v) is 7.67. The number of benzene rings is 1. The third-order valence-electron chi connectivity index (χ3n) is 3.31. The van der Waals surface area contributed by atoms with E-state index in [0.717, 1.165) is 23.1 Å². The fourth-order valence-electron chi connectivity index (χ4n) is 2.19. The van der Waals surface area contributed by atoms with Crippen LogP contribution < -0.4 is 10.1 Å². The summed E-state index contributed by atoms with van der Waals surface area (Å²) < 4.78 is 10.6. The van der Waals surface area contributed by atoms with Gasteiger partial charge in [0.1, 0.15) is 12.0 Å². The molecule has 0 atom stereocenters. The van der Waals surface area contributed by atoms with Gasteiger partial charge in [-0.05, 0) is 30.2 Å². The number of amides is 1. The summed E-state index contributed by atoms with van der Waals surface area (Å²) in [6.07, 6.45) is 6.93. The van der Waals surface area contributed by atoms with Gasteiger partial charge in [0.15, 0.2) is 0 Å². The summed E-state index contributed by atoms with van der Waals surface area (Å²) in [7, 11) is 0. The summed E-state index contributed by atoms with van der Waals surface area (Å²) >= 11 is 0. The monoisotopic (exact) mass is 323 g/mol. The molecule has 6 heteroatoms. The Labute approximate surface area is 139 Å². The fraction of sp³-hybridized carbons (Fsp3) is 0.167. The molecular formula is C18H17N3O3. The van der Waals surface area contributed by atoms with Gasteiger partial charge in [-0.2, -0.15) is 0 Å². The average molecular weight is 323 g/mol. The minimum Gasteiger partial charge on any atom is -0.444 e. The highest BCUT2D eigenvalue weighted by molar-refractivity contribution is 5.73. The van der Waals surface area contributed by atoms with Crippen molar-refractivity contribution in [3.05, 3.63) is 55.2 Å². The van der Waals surface area contributed by atoms with Crippen molar-refractivity contribution in [2.24, 2.45) is 0 Å². The van der Waals surface area contributed by atoms with Gasteiger partial charge in [0, 0.05) is 24.5 Å². The molecule has 3 rings (SSSR count). The molecule has 3 aromatic rings. The number of carbonyl (C=O) groups is 1. The van der Waals surface area contributed by atoms with Gasteiger partial charge in [-0.1, -0.05) is 19.1 Å². The minimum absolute atomic E-state index is 0.458. The predicted molar refractivity (Wildman–Crippen MR) is 89.5 cm³/mol. The molecule has 0 spiro atoms. The standard InChI is InChI=1S/C18H17N3O3/c1-2-6-21-18(22)24-16-5-3-4-13(10-16)14-9-15(12-19-11-14)17-20-7-8-23-17/h3-5,7-12H,2,6H2,1H3,(H,21,22). The minimum atomic E-state index is -0.458. The van der Waals surface area contributed by atoms with Crippen LogP contribution in [0.5, 0.6) is 5.75 Å². The fourth-order valence-corrected chi connectivity index (χ4v) is 2.19. The molecule has 0 aliphatic heterocycles. The summed E-state index contributed by atoms with van der Waals surface area (Å²) in [6.45, 7) is 2.56. The molecule has 24 heavy (non-hydrogen) atoms. The molecule has 2 heterocycles. The maximum absolute atomic E-state index is 11.7.